The molecule has 2 aliphatic heterocycles. The molecule has 7 nitrogen and oxygen atoms in total. The van der Waals surface area contributed by atoms with Crippen LogP contribution in [0.25, 0.3) is 0 Å². The average molecular weight is 268 g/mol. The fourth-order valence-electron chi connectivity index (χ4n) is 1.47. The summed E-state index contributed by atoms with van der Waals surface area (Å²) < 4.78 is 9.72. The van der Waals surface area contributed by atoms with Crippen LogP contribution in [0.4, 0.5) is 0 Å². The molecule has 7 heteroatoms. The Morgan fingerprint density at radius 2 is 1.22 bits per heavy atom. The highest BCUT2D eigenvalue weighted by Gasteiger charge is 2.25. The second-order valence-electron chi connectivity index (χ2n) is 4.19. The summed E-state index contributed by atoms with van der Waals surface area (Å²) in [6.45, 7) is 2.71. The van der Waals surface area contributed by atoms with E-state index in [0.29, 0.717) is 6.42 Å². The van der Waals surface area contributed by atoms with Gasteiger partial charge < -0.3 is 35.0 Å². The fourth-order valence-corrected chi connectivity index (χ4v) is 1.47. The van der Waals surface area contributed by atoms with Gasteiger partial charge >= 0.3 is 0 Å². The molecule has 110 valence electrons. The van der Waals surface area contributed by atoms with Crippen molar-refractivity contribution in [2.75, 3.05) is 26.9 Å². The zero-order valence-electron chi connectivity index (χ0n) is 10.8. The molecule has 0 aromatic carbocycles. The van der Waals surface area contributed by atoms with E-state index in [1.807, 2.05) is 6.92 Å². The minimum Gasteiger partial charge on any atom is -0.400 e. The number of ether oxygens (including phenoxy) is 2. The summed E-state index contributed by atoms with van der Waals surface area (Å²) in [5.74, 6) is 0. The average Bonchev–Trinajstić information content (AvgIpc) is 2.72. The van der Waals surface area contributed by atoms with Crippen molar-refractivity contribution in [1.82, 2.24) is 0 Å². The minimum atomic E-state index is -0.679. The molecule has 2 heterocycles. The molecule has 2 aliphatic rings. The molecule has 0 aliphatic carbocycles. The number of hydrogen-bond donors (Lipinski definition) is 5. The third-order valence-electron chi connectivity index (χ3n) is 2.59. The van der Waals surface area contributed by atoms with Crippen LogP contribution in [0.15, 0.2) is 0 Å². The fraction of sp³-hybridized carbons (Fsp3) is 1.00. The van der Waals surface area contributed by atoms with Crippen LogP contribution >= 0.6 is 0 Å². The largest absolute Gasteiger partial charge is 0.400 e. The molecule has 0 bridgehead atoms. The second-order valence-corrected chi connectivity index (χ2v) is 4.19. The highest BCUT2D eigenvalue weighted by molar-refractivity contribution is 4.74. The smallest absolute Gasteiger partial charge is 0.105 e. The SMILES string of the molecule is CC1CC(O)C(O)CO1.CO.OC1COCC1O. The third kappa shape index (κ3) is 6.60. The standard InChI is InChI=1S/C6H12O3.C4H8O3.CH4O/c1-4-2-5(7)6(8)3-9-4;5-3-1-7-2-4(3)6;1-2/h4-8H,2-3H2,1H3;3-6H,1-2H2;2H,1H3. The van der Waals surface area contributed by atoms with Gasteiger partial charge in [-0.1, -0.05) is 0 Å². The molecule has 0 amide bonds. The van der Waals surface area contributed by atoms with E-state index in [9.17, 15) is 0 Å². The Hall–Kier alpha value is -0.280. The molecule has 2 rings (SSSR count). The predicted octanol–water partition coefficient (Wildman–Crippen LogP) is -2.14. The summed E-state index contributed by atoms with van der Waals surface area (Å²) >= 11 is 0. The zero-order valence-corrected chi connectivity index (χ0v) is 10.8. The lowest BCUT2D eigenvalue weighted by atomic mass is 10.1. The van der Waals surface area contributed by atoms with E-state index in [0.717, 1.165) is 7.11 Å². The van der Waals surface area contributed by atoms with Crippen molar-refractivity contribution in [3.05, 3.63) is 0 Å². The first-order valence-electron chi connectivity index (χ1n) is 5.87. The van der Waals surface area contributed by atoms with E-state index < -0.39 is 24.4 Å². The van der Waals surface area contributed by atoms with Crippen LogP contribution < -0.4 is 0 Å². The van der Waals surface area contributed by atoms with Crippen LogP contribution in [-0.4, -0.2) is 83.0 Å². The van der Waals surface area contributed by atoms with Gasteiger partial charge in [-0.2, -0.15) is 0 Å². The van der Waals surface area contributed by atoms with Crippen molar-refractivity contribution in [2.24, 2.45) is 0 Å². The topological polar surface area (TPSA) is 120 Å². The Kier molecular flexibility index (Phi) is 9.47. The molecule has 0 spiro atoms. The van der Waals surface area contributed by atoms with Crippen LogP contribution in [-0.2, 0) is 9.47 Å². The lowest BCUT2D eigenvalue weighted by Crippen LogP contribution is -2.39. The maximum atomic E-state index is 9.02. The molecular weight excluding hydrogens is 244 g/mol. The number of aliphatic hydroxyl groups excluding tert-OH is 5. The number of aliphatic hydroxyl groups is 5. The Morgan fingerprint density at radius 1 is 0.778 bits per heavy atom. The molecule has 5 N–H and O–H groups in total. The summed E-state index contributed by atoms with van der Waals surface area (Å²) in [7, 11) is 1.00. The summed E-state index contributed by atoms with van der Waals surface area (Å²) in [5, 5.41) is 42.2. The molecule has 5 atom stereocenters. The van der Waals surface area contributed by atoms with Crippen LogP contribution in [0.3, 0.4) is 0 Å². The summed E-state index contributed by atoms with van der Waals surface area (Å²) in [6.07, 6.45) is -1.94. The van der Waals surface area contributed by atoms with Crippen molar-refractivity contribution < 1.29 is 35.0 Å². The number of hydrogen-bond acceptors (Lipinski definition) is 7. The summed E-state index contributed by atoms with van der Waals surface area (Å²) in [5.41, 5.74) is 0. The van der Waals surface area contributed by atoms with Gasteiger partial charge in [-0.15, -0.1) is 0 Å². The maximum Gasteiger partial charge on any atom is 0.105 e. The monoisotopic (exact) mass is 268 g/mol. The lowest BCUT2D eigenvalue weighted by Gasteiger charge is -2.27. The minimum absolute atomic E-state index is 0.0865. The van der Waals surface area contributed by atoms with E-state index in [-0.39, 0.29) is 25.9 Å². The first kappa shape index (κ1) is 17.7. The van der Waals surface area contributed by atoms with Gasteiger partial charge in [0.2, 0.25) is 0 Å². The molecule has 2 saturated heterocycles. The van der Waals surface area contributed by atoms with Gasteiger partial charge in [0.25, 0.3) is 0 Å². The van der Waals surface area contributed by atoms with Crippen LogP contribution in [0.5, 0.6) is 0 Å². The Labute approximate surface area is 107 Å². The molecule has 0 aromatic heterocycles. The van der Waals surface area contributed by atoms with Gasteiger partial charge in [0, 0.05) is 13.5 Å². The van der Waals surface area contributed by atoms with E-state index in [1.165, 1.54) is 0 Å². The van der Waals surface area contributed by atoms with Crippen molar-refractivity contribution >= 4 is 0 Å². The van der Waals surface area contributed by atoms with E-state index in [2.05, 4.69) is 4.74 Å². The molecule has 2 fully saturated rings. The molecule has 18 heavy (non-hydrogen) atoms. The molecule has 5 unspecified atom stereocenters. The van der Waals surface area contributed by atoms with Crippen LogP contribution in [0.1, 0.15) is 13.3 Å². The van der Waals surface area contributed by atoms with E-state index in [4.69, 9.17) is 30.3 Å². The van der Waals surface area contributed by atoms with Crippen LogP contribution in [0, 0.1) is 0 Å². The third-order valence-corrected chi connectivity index (χ3v) is 2.59. The maximum absolute atomic E-state index is 9.02. The normalized spacial score (nSPS) is 39.2. The summed E-state index contributed by atoms with van der Waals surface area (Å²) in [4.78, 5) is 0. The van der Waals surface area contributed by atoms with Gasteiger partial charge in [0.15, 0.2) is 0 Å². The Morgan fingerprint density at radius 3 is 1.50 bits per heavy atom. The van der Waals surface area contributed by atoms with Crippen molar-refractivity contribution in [1.29, 1.82) is 0 Å². The van der Waals surface area contributed by atoms with E-state index >= 15 is 0 Å². The predicted molar refractivity (Wildman–Crippen MR) is 63.0 cm³/mol. The Bertz CT molecular complexity index is 194. The van der Waals surface area contributed by atoms with Crippen molar-refractivity contribution in [3.8, 4) is 0 Å². The molecule has 0 radical (unpaired) electrons. The van der Waals surface area contributed by atoms with Crippen molar-refractivity contribution in [2.45, 2.75) is 43.9 Å². The highest BCUT2D eigenvalue weighted by atomic mass is 16.5. The van der Waals surface area contributed by atoms with Gasteiger partial charge in [-0.3, -0.25) is 0 Å². The van der Waals surface area contributed by atoms with Gasteiger partial charge in [-0.25, -0.2) is 0 Å². The van der Waals surface area contributed by atoms with Crippen LogP contribution in [0.2, 0.25) is 0 Å². The second kappa shape index (κ2) is 9.62. The number of rotatable bonds is 0. The first-order valence-corrected chi connectivity index (χ1v) is 5.87. The molecule has 0 aromatic rings. The lowest BCUT2D eigenvalue weighted by molar-refractivity contribution is -0.115. The quantitative estimate of drug-likeness (QED) is 0.340. The Balaban J connectivity index is 0.000000289. The first-order chi connectivity index (χ1) is 8.50. The van der Waals surface area contributed by atoms with E-state index in [1.54, 1.807) is 0 Å². The molecule has 0 saturated carbocycles. The van der Waals surface area contributed by atoms with Gasteiger partial charge in [0.1, 0.15) is 18.3 Å². The highest BCUT2D eigenvalue weighted by Crippen LogP contribution is 2.12. The molecular formula is C11H24O7. The van der Waals surface area contributed by atoms with Crippen molar-refractivity contribution in [3.63, 3.8) is 0 Å². The summed E-state index contributed by atoms with van der Waals surface area (Å²) in [6, 6.07) is 0. The van der Waals surface area contributed by atoms with Gasteiger partial charge in [0.05, 0.1) is 32.0 Å². The zero-order chi connectivity index (χ0) is 14.1. The van der Waals surface area contributed by atoms with Gasteiger partial charge in [-0.05, 0) is 6.92 Å².